The SMILES string of the molecule is Brc1cc(-c2nc(-c3ccc(-c4ccncc4)cc3)nc(-c3ccc(-c4ccncc4)cc3)n2)cc(-n2c3ccccc3c3ccccc32)c1. The van der Waals surface area contributed by atoms with Crippen LogP contribution in [0.1, 0.15) is 0 Å². The molecular weight excluding hydrogens is 680 g/mol. The Labute approximate surface area is 297 Å². The number of pyridine rings is 2. The number of rotatable bonds is 6. The molecule has 4 aromatic heterocycles. The number of halogens is 1. The minimum absolute atomic E-state index is 0.588. The molecule has 0 unspecified atom stereocenters. The van der Waals surface area contributed by atoms with Crippen LogP contribution in [0.5, 0.6) is 0 Å². The quantitative estimate of drug-likeness (QED) is 0.172. The molecule has 0 atom stereocenters. The second-order valence-corrected chi connectivity index (χ2v) is 12.9. The molecule has 6 nitrogen and oxygen atoms in total. The average molecular weight is 708 g/mol. The van der Waals surface area contributed by atoms with Crippen molar-refractivity contribution in [2.45, 2.75) is 0 Å². The van der Waals surface area contributed by atoms with E-state index in [1.165, 1.54) is 10.8 Å². The fraction of sp³-hybridized carbons (Fsp3) is 0. The Kier molecular flexibility index (Phi) is 7.52. The molecule has 0 fully saturated rings. The lowest BCUT2D eigenvalue weighted by Crippen LogP contribution is -2.01. The van der Waals surface area contributed by atoms with Gasteiger partial charge >= 0.3 is 0 Å². The van der Waals surface area contributed by atoms with Gasteiger partial charge in [-0.05, 0) is 76.9 Å². The highest BCUT2D eigenvalue weighted by molar-refractivity contribution is 9.10. The van der Waals surface area contributed by atoms with Crippen LogP contribution in [0.15, 0.2) is 169 Å². The van der Waals surface area contributed by atoms with Crippen molar-refractivity contribution in [3.05, 3.63) is 169 Å². The molecule has 0 spiro atoms. The van der Waals surface area contributed by atoms with E-state index in [9.17, 15) is 0 Å². The summed E-state index contributed by atoms with van der Waals surface area (Å²) in [4.78, 5) is 23.5. The number of nitrogens with zero attached hydrogens (tertiary/aromatic N) is 6. The number of fused-ring (bicyclic) bond motifs is 3. The van der Waals surface area contributed by atoms with Crippen molar-refractivity contribution in [1.82, 2.24) is 29.5 Å². The first-order valence-electron chi connectivity index (χ1n) is 16.3. The first kappa shape index (κ1) is 29.8. The van der Waals surface area contributed by atoms with Crippen LogP contribution in [-0.4, -0.2) is 29.5 Å². The number of aromatic nitrogens is 6. The van der Waals surface area contributed by atoms with Gasteiger partial charge in [-0.2, -0.15) is 0 Å². The second-order valence-electron chi connectivity index (χ2n) is 12.0. The Hall–Kier alpha value is -6.31. The van der Waals surface area contributed by atoms with Crippen molar-refractivity contribution in [2.75, 3.05) is 0 Å². The van der Waals surface area contributed by atoms with Crippen molar-refractivity contribution in [3.63, 3.8) is 0 Å². The minimum atomic E-state index is 0.588. The minimum Gasteiger partial charge on any atom is -0.309 e. The van der Waals surface area contributed by atoms with Gasteiger partial charge in [-0.25, -0.2) is 15.0 Å². The molecule has 9 aromatic rings. The molecule has 0 radical (unpaired) electrons. The molecule has 0 amide bonds. The third kappa shape index (κ3) is 5.53. The number of para-hydroxylation sites is 2. The lowest BCUT2D eigenvalue weighted by Gasteiger charge is -2.13. The van der Waals surface area contributed by atoms with E-state index in [-0.39, 0.29) is 0 Å². The Morgan fingerprint density at radius 3 is 1.26 bits per heavy atom. The van der Waals surface area contributed by atoms with E-state index >= 15 is 0 Å². The Morgan fingerprint density at radius 1 is 0.380 bits per heavy atom. The fourth-order valence-electron chi connectivity index (χ4n) is 6.51. The van der Waals surface area contributed by atoms with Gasteiger partial charge in [0.25, 0.3) is 0 Å². The van der Waals surface area contributed by atoms with E-state index in [0.29, 0.717) is 17.5 Å². The first-order chi connectivity index (χ1) is 24.7. The highest BCUT2D eigenvalue weighted by Gasteiger charge is 2.17. The number of hydrogen-bond acceptors (Lipinski definition) is 5. The molecule has 4 heterocycles. The van der Waals surface area contributed by atoms with Gasteiger partial charge in [-0.3, -0.25) is 9.97 Å². The van der Waals surface area contributed by atoms with E-state index in [2.05, 4.69) is 146 Å². The average Bonchev–Trinajstić information content (AvgIpc) is 3.53. The van der Waals surface area contributed by atoms with Crippen molar-refractivity contribution in [2.24, 2.45) is 0 Å². The summed E-state index contributed by atoms with van der Waals surface area (Å²) in [5, 5.41) is 2.42. The maximum atomic E-state index is 5.09. The van der Waals surface area contributed by atoms with Crippen molar-refractivity contribution in [3.8, 4) is 62.1 Å². The number of benzene rings is 5. The summed E-state index contributed by atoms with van der Waals surface area (Å²) in [6.45, 7) is 0. The van der Waals surface area contributed by atoms with Gasteiger partial charge in [-0.1, -0.05) is 101 Å². The van der Waals surface area contributed by atoms with Crippen LogP contribution in [0.3, 0.4) is 0 Å². The van der Waals surface area contributed by atoms with E-state index in [4.69, 9.17) is 15.0 Å². The molecule has 0 aliphatic heterocycles. The second kappa shape index (κ2) is 12.6. The number of hydrogen-bond donors (Lipinski definition) is 0. The van der Waals surface area contributed by atoms with Gasteiger partial charge < -0.3 is 4.57 Å². The van der Waals surface area contributed by atoms with Crippen LogP contribution in [0.25, 0.3) is 83.9 Å². The van der Waals surface area contributed by atoms with Gasteiger partial charge in [0.05, 0.1) is 11.0 Å². The van der Waals surface area contributed by atoms with Gasteiger partial charge in [0, 0.05) is 62.4 Å². The molecule has 9 rings (SSSR count). The summed E-state index contributed by atoms with van der Waals surface area (Å²) >= 11 is 3.82. The Bertz CT molecular complexity index is 2480. The predicted octanol–water partition coefficient (Wildman–Crippen LogP) is 10.9. The van der Waals surface area contributed by atoms with E-state index in [1.807, 2.05) is 24.3 Å². The van der Waals surface area contributed by atoms with Gasteiger partial charge in [0.2, 0.25) is 0 Å². The molecule has 7 heteroatoms. The zero-order valence-electron chi connectivity index (χ0n) is 26.6. The van der Waals surface area contributed by atoms with Gasteiger partial charge in [-0.15, -0.1) is 0 Å². The molecule has 0 saturated carbocycles. The third-order valence-corrected chi connectivity index (χ3v) is 9.39. The van der Waals surface area contributed by atoms with E-state index in [0.717, 1.165) is 60.1 Å². The van der Waals surface area contributed by atoms with E-state index < -0.39 is 0 Å². The highest BCUT2D eigenvalue weighted by atomic mass is 79.9. The monoisotopic (exact) mass is 706 g/mol. The fourth-order valence-corrected chi connectivity index (χ4v) is 6.99. The molecule has 0 aliphatic carbocycles. The zero-order valence-corrected chi connectivity index (χ0v) is 28.2. The van der Waals surface area contributed by atoms with Crippen LogP contribution in [0, 0.1) is 0 Å². The maximum Gasteiger partial charge on any atom is 0.164 e. The summed E-state index contributed by atoms with van der Waals surface area (Å²) in [6.07, 6.45) is 7.22. The lowest BCUT2D eigenvalue weighted by molar-refractivity contribution is 1.07. The van der Waals surface area contributed by atoms with Crippen LogP contribution in [0.2, 0.25) is 0 Å². The third-order valence-electron chi connectivity index (χ3n) is 8.93. The summed E-state index contributed by atoms with van der Waals surface area (Å²) in [5.41, 5.74) is 10.4. The molecule has 236 valence electrons. The lowest BCUT2D eigenvalue weighted by atomic mass is 10.0. The van der Waals surface area contributed by atoms with Crippen LogP contribution >= 0.6 is 15.9 Å². The summed E-state index contributed by atoms with van der Waals surface area (Å²) < 4.78 is 3.23. The Morgan fingerprint density at radius 2 is 0.780 bits per heavy atom. The molecule has 0 saturated heterocycles. The molecule has 50 heavy (non-hydrogen) atoms. The summed E-state index contributed by atoms with van der Waals surface area (Å²) in [6, 6.07) is 48.1. The van der Waals surface area contributed by atoms with Crippen LogP contribution in [-0.2, 0) is 0 Å². The van der Waals surface area contributed by atoms with E-state index in [1.54, 1.807) is 24.8 Å². The van der Waals surface area contributed by atoms with Crippen molar-refractivity contribution >= 4 is 37.7 Å². The molecule has 0 aliphatic rings. The largest absolute Gasteiger partial charge is 0.309 e. The molecule has 0 N–H and O–H groups in total. The highest BCUT2D eigenvalue weighted by Crippen LogP contribution is 2.35. The van der Waals surface area contributed by atoms with Crippen molar-refractivity contribution < 1.29 is 0 Å². The summed E-state index contributed by atoms with van der Waals surface area (Å²) in [7, 11) is 0. The standard InChI is InChI=1S/C43H27BrN6/c44-35-25-34(26-36(27-35)50-39-7-3-1-5-37(39)38-6-2-4-8-40(38)50)43-48-41(32-13-9-28(10-14-32)30-17-21-45-22-18-30)47-42(49-43)33-15-11-29(12-16-33)31-19-23-46-24-20-31/h1-27H. The first-order valence-corrected chi connectivity index (χ1v) is 17.0. The summed E-state index contributed by atoms with van der Waals surface area (Å²) in [5.74, 6) is 1.79. The van der Waals surface area contributed by atoms with Crippen LogP contribution < -0.4 is 0 Å². The van der Waals surface area contributed by atoms with Gasteiger partial charge in [0.15, 0.2) is 17.5 Å². The van der Waals surface area contributed by atoms with Crippen LogP contribution in [0.4, 0.5) is 0 Å². The maximum absolute atomic E-state index is 5.09. The normalized spacial score (nSPS) is 11.3. The Balaban J connectivity index is 1.20. The molecular formula is C43H27BrN6. The predicted molar refractivity (Wildman–Crippen MR) is 205 cm³/mol. The topological polar surface area (TPSA) is 69.4 Å². The van der Waals surface area contributed by atoms with Crippen molar-refractivity contribution in [1.29, 1.82) is 0 Å². The zero-order chi connectivity index (χ0) is 33.4. The molecule has 0 bridgehead atoms. The van der Waals surface area contributed by atoms with Gasteiger partial charge in [0.1, 0.15) is 0 Å². The smallest absolute Gasteiger partial charge is 0.164 e. The molecule has 5 aromatic carbocycles.